The van der Waals surface area contributed by atoms with Crippen LogP contribution in [0.15, 0.2) is 30.6 Å². The van der Waals surface area contributed by atoms with Crippen molar-refractivity contribution in [2.75, 3.05) is 0 Å². The zero-order valence-electron chi connectivity index (χ0n) is 11.9. The number of rotatable bonds is 3. The molecule has 1 aromatic heterocycles. The minimum atomic E-state index is -0.385. The maximum Gasteiger partial charge on any atom is 0.125 e. The number of halogens is 1. The first-order valence-corrected chi connectivity index (χ1v) is 7.48. The van der Waals surface area contributed by atoms with Crippen LogP contribution >= 0.6 is 0 Å². The highest BCUT2D eigenvalue weighted by Crippen LogP contribution is 2.26. The Morgan fingerprint density at radius 3 is 2.76 bits per heavy atom. The van der Waals surface area contributed by atoms with E-state index in [1.165, 1.54) is 44.2 Å². The molecule has 3 rings (SSSR count). The van der Waals surface area contributed by atoms with Crippen LogP contribution in [-0.2, 0) is 6.54 Å². The third-order valence-corrected chi connectivity index (χ3v) is 4.16. The van der Waals surface area contributed by atoms with Gasteiger partial charge in [0.15, 0.2) is 0 Å². The number of nitriles is 1. The van der Waals surface area contributed by atoms with E-state index in [-0.39, 0.29) is 5.82 Å². The van der Waals surface area contributed by atoms with Crippen LogP contribution in [0.2, 0.25) is 0 Å². The lowest BCUT2D eigenvalue weighted by atomic mass is 9.89. The Balaban J connectivity index is 1.78. The number of benzene rings is 1. The summed E-state index contributed by atoms with van der Waals surface area (Å²) in [7, 11) is 0. The normalized spacial score (nSPS) is 15.8. The third kappa shape index (κ3) is 3.30. The van der Waals surface area contributed by atoms with Crippen molar-refractivity contribution in [1.82, 2.24) is 9.78 Å². The molecule has 21 heavy (non-hydrogen) atoms. The molecule has 1 heterocycles. The maximum absolute atomic E-state index is 13.5. The topological polar surface area (TPSA) is 41.6 Å². The highest BCUT2D eigenvalue weighted by atomic mass is 19.1. The molecule has 3 nitrogen and oxygen atoms in total. The van der Waals surface area contributed by atoms with Gasteiger partial charge in [-0.15, -0.1) is 0 Å². The lowest BCUT2D eigenvalue weighted by Crippen LogP contribution is -2.14. The molecule has 1 aliphatic rings. The smallest absolute Gasteiger partial charge is 0.125 e. The Hall–Kier alpha value is -2.15. The summed E-state index contributed by atoms with van der Waals surface area (Å²) in [6, 6.07) is 6.38. The fourth-order valence-electron chi connectivity index (χ4n) is 3.07. The van der Waals surface area contributed by atoms with Crippen LogP contribution in [-0.4, -0.2) is 9.78 Å². The number of nitrogens with zero attached hydrogens (tertiary/aromatic N) is 3. The molecule has 4 heteroatoms. The molecule has 0 N–H and O–H groups in total. The first-order chi connectivity index (χ1) is 10.2. The molecule has 1 fully saturated rings. The molecule has 1 aliphatic carbocycles. The highest BCUT2D eigenvalue weighted by Gasteiger charge is 2.14. The zero-order chi connectivity index (χ0) is 14.7. The molecule has 0 amide bonds. The number of hydrogen-bond donors (Lipinski definition) is 0. The average Bonchev–Trinajstić information content (AvgIpc) is 2.96. The molecular formula is C17H18FN3. The van der Waals surface area contributed by atoms with Gasteiger partial charge in [0.2, 0.25) is 0 Å². The van der Waals surface area contributed by atoms with Crippen LogP contribution in [0.5, 0.6) is 0 Å². The minimum Gasteiger partial charge on any atom is -0.272 e. The van der Waals surface area contributed by atoms with Crippen molar-refractivity contribution in [3.63, 3.8) is 0 Å². The van der Waals surface area contributed by atoms with Crippen molar-refractivity contribution in [3.05, 3.63) is 42.0 Å². The summed E-state index contributed by atoms with van der Waals surface area (Å²) in [6.07, 6.45) is 10.2. The molecule has 0 bridgehead atoms. The molecule has 1 saturated carbocycles. The number of hydrogen-bond acceptors (Lipinski definition) is 2. The molecule has 0 aliphatic heterocycles. The van der Waals surface area contributed by atoms with Gasteiger partial charge in [0, 0.05) is 18.3 Å². The SMILES string of the molecule is N#Cc1cc(F)cc(-c2cnn(CC3CCCCC3)c2)c1. The van der Waals surface area contributed by atoms with Crippen molar-refractivity contribution < 1.29 is 4.39 Å². The van der Waals surface area contributed by atoms with Gasteiger partial charge in [-0.05, 0) is 42.5 Å². The van der Waals surface area contributed by atoms with E-state index < -0.39 is 0 Å². The van der Waals surface area contributed by atoms with Gasteiger partial charge in [-0.25, -0.2) is 4.39 Å². The fourth-order valence-corrected chi connectivity index (χ4v) is 3.07. The van der Waals surface area contributed by atoms with Crippen molar-refractivity contribution in [2.24, 2.45) is 5.92 Å². The second-order valence-corrected chi connectivity index (χ2v) is 5.80. The fraction of sp³-hybridized carbons (Fsp3) is 0.412. The first kappa shape index (κ1) is 13.8. The summed E-state index contributed by atoms with van der Waals surface area (Å²) in [5, 5.41) is 13.3. The van der Waals surface area contributed by atoms with E-state index in [0.29, 0.717) is 17.0 Å². The van der Waals surface area contributed by atoms with Gasteiger partial charge in [-0.3, -0.25) is 4.68 Å². The molecule has 0 saturated heterocycles. The maximum atomic E-state index is 13.5. The van der Waals surface area contributed by atoms with Crippen LogP contribution in [0.25, 0.3) is 11.1 Å². The minimum absolute atomic E-state index is 0.338. The van der Waals surface area contributed by atoms with Crippen LogP contribution in [0, 0.1) is 23.1 Å². The Labute approximate surface area is 124 Å². The summed E-state index contributed by atoms with van der Waals surface area (Å²) >= 11 is 0. The largest absolute Gasteiger partial charge is 0.272 e. The molecule has 0 atom stereocenters. The van der Waals surface area contributed by atoms with Crippen LogP contribution in [0.4, 0.5) is 4.39 Å². The van der Waals surface area contributed by atoms with Gasteiger partial charge in [-0.2, -0.15) is 10.4 Å². The predicted octanol–water partition coefficient (Wildman–Crippen LogP) is 4.14. The monoisotopic (exact) mass is 283 g/mol. The van der Waals surface area contributed by atoms with E-state index in [1.54, 1.807) is 12.3 Å². The Kier molecular flexibility index (Phi) is 4.01. The molecule has 2 aromatic rings. The van der Waals surface area contributed by atoms with Gasteiger partial charge in [-0.1, -0.05) is 19.3 Å². The highest BCUT2D eigenvalue weighted by molar-refractivity contribution is 5.63. The van der Waals surface area contributed by atoms with Gasteiger partial charge in [0.1, 0.15) is 5.82 Å². The number of aromatic nitrogens is 2. The Morgan fingerprint density at radius 2 is 2.00 bits per heavy atom. The second-order valence-electron chi connectivity index (χ2n) is 5.80. The molecular weight excluding hydrogens is 265 g/mol. The van der Waals surface area contributed by atoms with E-state index in [1.807, 2.05) is 16.9 Å². The van der Waals surface area contributed by atoms with E-state index in [2.05, 4.69) is 5.10 Å². The summed E-state index contributed by atoms with van der Waals surface area (Å²) < 4.78 is 15.4. The quantitative estimate of drug-likeness (QED) is 0.849. The van der Waals surface area contributed by atoms with Crippen LogP contribution in [0.3, 0.4) is 0 Å². The lowest BCUT2D eigenvalue weighted by molar-refractivity contribution is 0.308. The average molecular weight is 283 g/mol. The zero-order valence-corrected chi connectivity index (χ0v) is 11.9. The summed E-state index contributed by atoms with van der Waals surface area (Å²) in [6.45, 7) is 0.931. The molecule has 1 aromatic carbocycles. The van der Waals surface area contributed by atoms with Crippen LogP contribution < -0.4 is 0 Å². The summed E-state index contributed by atoms with van der Waals surface area (Å²) in [5.41, 5.74) is 1.91. The molecule has 0 unspecified atom stereocenters. The molecule has 108 valence electrons. The standard InChI is InChI=1S/C17H18FN3/c18-17-7-14(9-19)6-15(8-17)16-10-20-21(12-16)11-13-4-2-1-3-5-13/h6-8,10,12-13H,1-5,11H2. The molecule has 0 radical (unpaired) electrons. The van der Waals surface area contributed by atoms with Crippen molar-refractivity contribution in [2.45, 2.75) is 38.6 Å². The summed E-state index contributed by atoms with van der Waals surface area (Å²) in [5.74, 6) is 0.317. The van der Waals surface area contributed by atoms with E-state index in [0.717, 1.165) is 12.1 Å². The van der Waals surface area contributed by atoms with Gasteiger partial charge in [0.25, 0.3) is 0 Å². The van der Waals surface area contributed by atoms with Crippen molar-refractivity contribution in [1.29, 1.82) is 5.26 Å². The van der Waals surface area contributed by atoms with Gasteiger partial charge < -0.3 is 0 Å². The van der Waals surface area contributed by atoms with E-state index >= 15 is 0 Å². The Bertz CT molecular complexity index is 663. The van der Waals surface area contributed by atoms with Gasteiger partial charge >= 0.3 is 0 Å². The first-order valence-electron chi connectivity index (χ1n) is 7.48. The Morgan fingerprint density at radius 1 is 1.19 bits per heavy atom. The van der Waals surface area contributed by atoms with E-state index in [4.69, 9.17) is 5.26 Å². The lowest BCUT2D eigenvalue weighted by Gasteiger charge is -2.21. The predicted molar refractivity (Wildman–Crippen MR) is 78.9 cm³/mol. The second kappa shape index (κ2) is 6.09. The van der Waals surface area contributed by atoms with Gasteiger partial charge in [0.05, 0.1) is 17.8 Å². The summed E-state index contributed by atoms with van der Waals surface area (Å²) in [4.78, 5) is 0. The molecule has 0 spiro atoms. The van der Waals surface area contributed by atoms with Crippen molar-refractivity contribution >= 4 is 0 Å². The third-order valence-electron chi connectivity index (χ3n) is 4.16. The van der Waals surface area contributed by atoms with Crippen molar-refractivity contribution in [3.8, 4) is 17.2 Å². The van der Waals surface area contributed by atoms with Crippen LogP contribution in [0.1, 0.15) is 37.7 Å². The van der Waals surface area contributed by atoms with E-state index in [9.17, 15) is 4.39 Å².